The number of nitrogens with zero attached hydrogens (tertiary/aromatic N) is 1. The maximum atomic E-state index is 5.41. The maximum absolute atomic E-state index is 5.41. The van der Waals surface area contributed by atoms with Gasteiger partial charge in [0.25, 0.3) is 0 Å². The average Bonchev–Trinajstić information content (AvgIpc) is 2.96. The molecule has 0 spiro atoms. The predicted octanol–water partition coefficient (Wildman–Crippen LogP) is 5.34. The summed E-state index contributed by atoms with van der Waals surface area (Å²) < 4.78 is 0. The molecule has 0 bridgehead atoms. The van der Waals surface area contributed by atoms with Gasteiger partial charge in [0.15, 0.2) is 10.2 Å². The number of nitrogens with one attached hydrogen (secondary N) is 2. The van der Waals surface area contributed by atoms with E-state index < -0.39 is 0 Å². The van der Waals surface area contributed by atoms with Crippen LogP contribution in [0.4, 0.5) is 10.8 Å². The van der Waals surface area contributed by atoms with Crippen molar-refractivity contribution in [1.29, 1.82) is 0 Å². The van der Waals surface area contributed by atoms with Gasteiger partial charge in [-0.05, 0) is 67.9 Å². The quantitative estimate of drug-likeness (QED) is 0.733. The zero-order chi connectivity index (χ0) is 16.2. The molecule has 0 saturated carbocycles. The molecule has 0 aliphatic heterocycles. The fourth-order valence-corrected chi connectivity index (χ4v) is 4.13. The SMILES string of the molecule is CCC(C)c1ccc(NC(=S)Nc2nc3c(s2)CCCC3)cc1. The van der Waals surface area contributed by atoms with Crippen molar-refractivity contribution in [3.8, 4) is 0 Å². The first-order valence-electron chi connectivity index (χ1n) is 8.32. The smallest absolute Gasteiger partial charge is 0.189 e. The van der Waals surface area contributed by atoms with Gasteiger partial charge < -0.3 is 10.6 Å². The molecule has 0 fully saturated rings. The molecule has 2 N–H and O–H groups in total. The minimum atomic E-state index is 0.593. The standard InChI is InChI=1S/C18H23N3S2/c1-3-12(2)13-8-10-14(11-9-13)19-17(22)21-18-20-15-6-4-5-7-16(15)23-18/h8-12H,3-7H2,1-2H3,(H2,19,20,21,22). The lowest BCUT2D eigenvalue weighted by Gasteiger charge is -2.11. The summed E-state index contributed by atoms with van der Waals surface area (Å²) in [7, 11) is 0. The summed E-state index contributed by atoms with van der Waals surface area (Å²) in [5.74, 6) is 0.593. The van der Waals surface area contributed by atoms with Crippen LogP contribution in [0.2, 0.25) is 0 Å². The summed E-state index contributed by atoms with van der Waals surface area (Å²) in [5, 5.41) is 7.98. The minimum absolute atomic E-state index is 0.593. The highest BCUT2D eigenvalue weighted by Gasteiger charge is 2.15. The number of thiazole rings is 1. The van der Waals surface area contributed by atoms with E-state index in [0.717, 1.165) is 30.1 Å². The van der Waals surface area contributed by atoms with Crippen molar-refractivity contribution in [3.63, 3.8) is 0 Å². The van der Waals surface area contributed by atoms with Crippen molar-refractivity contribution >= 4 is 39.5 Å². The molecule has 1 aliphatic carbocycles. The summed E-state index contributed by atoms with van der Waals surface area (Å²) in [6.45, 7) is 4.46. The van der Waals surface area contributed by atoms with Crippen LogP contribution in [0, 0.1) is 0 Å². The van der Waals surface area contributed by atoms with Crippen molar-refractivity contribution < 1.29 is 0 Å². The summed E-state index contributed by atoms with van der Waals surface area (Å²) in [6.07, 6.45) is 5.94. The van der Waals surface area contributed by atoms with Crippen LogP contribution in [0.1, 0.15) is 55.2 Å². The van der Waals surface area contributed by atoms with Gasteiger partial charge in [0.05, 0.1) is 5.69 Å². The van der Waals surface area contributed by atoms with E-state index in [-0.39, 0.29) is 0 Å². The maximum Gasteiger partial charge on any atom is 0.189 e. The molecule has 2 aromatic rings. The number of anilines is 2. The summed E-state index contributed by atoms with van der Waals surface area (Å²) in [5.41, 5.74) is 3.63. The monoisotopic (exact) mass is 345 g/mol. The average molecular weight is 346 g/mol. The van der Waals surface area contributed by atoms with Crippen molar-refractivity contribution in [3.05, 3.63) is 40.4 Å². The second kappa shape index (κ2) is 7.41. The molecule has 1 heterocycles. The summed E-state index contributed by atoms with van der Waals surface area (Å²) in [6, 6.07) is 8.51. The van der Waals surface area contributed by atoms with Crippen LogP contribution in [-0.2, 0) is 12.8 Å². The zero-order valence-electron chi connectivity index (χ0n) is 13.7. The normalized spacial score (nSPS) is 14.9. The van der Waals surface area contributed by atoms with Crippen molar-refractivity contribution in [2.45, 2.75) is 51.9 Å². The van der Waals surface area contributed by atoms with Crippen LogP contribution < -0.4 is 10.6 Å². The van der Waals surface area contributed by atoms with E-state index in [1.807, 2.05) is 0 Å². The molecule has 0 radical (unpaired) electrons. The van der Waals surface area contributed by atoms with E-state index in [9.17, 15) is 0 Å². The highest BCUT2D eigenvalue weighted by atomic mass is 32.1. The number of benzene rings is 1. The number of rotatable bonds is 4. The molecule has 3 rings (SSSR count). The highest BCUT2D eigenvalue weighted by molar-refractivity contribution is 7.80. The highest BCUT2D eigenvalue weighted by Crippen LogP contribution is 2.29. The fraction of sp³-hybridized carbons (Fsp3) is 0.444. The van der Waals surface area contributed by atoms with Gasteiger partial charge in [-0.2, -0.15) is 0 Å². The second-order valence-electron chi connectivity index (χ2n) is 6.11. The van der Waals surface area contributed by atoms with Crippen LogP contribution >= 0.6 is 23.6 Å². The first kappa shape index (κ1) is 16.4. The van der Waals surface area contributed by atoms with Gasteiger partial charge in [-0.25, -0.2) is 4.98 Å². The molecule has 1 aromatic heterocycles. The summed E-state index contributed by atoms with van der Waals surface area (Å²) in [4.78, 5) is 6.08. The van der Waals surface area contributed by atoms with Crippen LogP contribution in [0.25, 0.3) is 0 Å². The molecule has 5 heteroatoms. The van der Waals surface area contributed by atoms with Crippen molar-refractivity contribution in [1.82, 2.24) is 4.98 Å². The first-order chi connectivity index (χ1) is 11.2. The molecule has 1 aliphatic rings. The molecule has 0 saturated heterocycles. The Bertz CT molecular complexity index is 653. The van der Waals surface area contributed by atoms with E-state index in [1.165, 1.54) is 29.0 Å². The molecule has 122 valence electrons. The lowest BCUT2D eigenvalue weighted by molar-refractivity contribution is 0.683. The van der Waals surface area contributed by atoms with E-state index >= 15 is 0 Å². The number of aryl methyl sites for hydroxylation is 2. The van der Waals surface area contributed by atoms with Gasteiger partial charge in [-0.3, -0.25) is 0 Å². The Morgan fingerprint density at radius 2 is 1.96 bits per heavy atom. The molecule has 0 amide bonds. The number of fused-ring (bicyclic) bond motifs is 1. The van der Waals surface area contributed by atoms with Crippen LogP contribution in [-0.4, -0.2) is 10.1 Å². The Hall–Kier alpha value is -1.46. The van der Waals surface area contributed by atoms with Crippen LogP contribution in [0.5, 0.6) is 0 Å². The molecule has 23 heavy (non-hydrogen) atoms. The molecule has 1 aromatic carbocycles. The van der Waals surface area contributed by atoms with Gasteiger partial charge in [-0.1, -0.05) is 26.0 Å². The third kappa shape index (κ3) is 4.09. The number of aromatic nitrogens is 1. The lowest BCUT2D eigenvalue weighted by Crippen LogP contribution is -2.19. The lowest BCUT2D eigenvalue weighted by atomic mass is 9.99. The molecule has 1 atom stereocenters. The Morgan fingerprint density at radius 1 is 1.22 bits per heavy atom. The van der Waals surface area contributed by atoms with Crippen molar-refractivity contribution in [2.24, 2.45) is 0 Å². The fourth-order valence-electron chi connectivity index (χ4n) is 2.80. The van der Waals surface area contributed by atoms with Crippen molar-refractivity contribution in [2.75, 3.05) is 10.6 Å². The van der Waals surface area contributed by atoms with Gasteiger partial charge >= 0.3 is 0 Å². The molecular formula is C18H23N3S2. The van der Waals surface area contributed by atoms with Gasteiger partial charge in [0, 0.05) is 10.6 Å². The minimum Gasteiger partial charge on any atom is -0.332 e. The first-order valence-corrected chi connectivity index (χ1v) is 9.54. The third-order valence-corrected chi connectivity index (χ3v) is 5.69. The Kier molecular flexibility index (Phi) is 5.28. The Balaban J connectivity index is 1.59. The van der Waals surface area contributed by atoms with Crippen LogP contribution in [0.15, 0.2) is 24.3 Å². The largest absolute Gasteiger partial charge is 0.332 e. The van der Waals surface area contributed by atoms with E-state index in [2.05, 4.69) is 53.7 Å². The topological polar surface area (TPSA) is 37.0 Å². The van der Waals surface area contributed by atoms with E-state index in [0.29, 0.717) is 11.0 Å². The zero-order valence-corrected chi connectivity index (χ0v) is 15.3. The van der Waals surface area contributed by atoms with Crippen LogP contribution in [0.3, 0.4) is 0 Å². The second-order valence-corrected chi connectivity index (χ2v) is 7.60. The number of hydrogen-bond donors (Lipinski definition) is 2. The number of hydrogen-bond acceptors (Lipinski definition) is 3. The predicted molar refractivity (Wildman–Crippen MR) is 104 cm³/mol. The Morgan fingerprint density at radius 3 is 2.65 bits per heavy atom. The van der Waals surface area contributed by atoms with E-state index in [1.54, 1.807) is 11.3 Å². The van der Waals surface area contributed by atoms with Gasteiger partial charge in [0.1, 0.15) is 0 Å². The number of thiocarbonyl (C=S) groups is 1. The summed E-state index contributed by atoms with van der Waals surface area (Å²) >= 11 is 7.14. The molecule has 1 unspecified atom stereocenters. The molecule has 3 nitrogen and oxygen atoms in total. The Labute approximate surface area is 147 Å². The molecular weight excluding hydrogens is 322 g/mol. The van der Waals surface area contributed by atoms with E-state index in [4.69, 9.17) is 12.2 Å². The van der Waals surface area contributed by atoms with Gasteiger partial charge in [0.2, 0.25) is 0 Å². The van der Waals surface area contributed by atoms with Gasteiger partial charge in [-0.15, -0.1) is 11.3 Å². The third-order valence-electron chi connectivity index (χ3n) is 4.42.